The Morgan fingerprint density at radius 1 is 0.485 bits per heavy atom. The molecule has 0 unspecified atom stereocenters. The Bertz CT molecular complexity index is 1320. The molecule has 0 aliphatic carbocycles. The second-order valence-corrected chi connectivity index (χ2v) is 8.33. The molecule has 172 valence electrons. The summed E-state index contributed by atoms with van der Waals surface area (Å²) in [5, 5.41) is 0. The molecule has 5 heteroatoms. The van der Waals surface area contributed by atoms with E-state index in [1.165, 1.54) is 22.3 Å². The van der Waals surface area contributed by atoms with Crippen LogP contribution in [0.2, 0.25) is 0 Å². The van der Waals surface area contributed by atoms with Crippen LogP contribution in [-0.4, -0.2) is 19.9 Å². The summed E-state index contributed by atoms with van der Waals surface area (Å²) in [5.41, 5.74) is 13.7. The molecule has 0 saturated heterocycles. The smallest absolute Gasteiger partial charge is 0.0691 e. The van der Waals surface area contributed by atoms with E-state index in [0.29, 0.717) is 0 Å². The van der Waals surface area contributed by atoms with Crippen molar-refractivity contribution in [1.82, 2.24) is 19.9 Å². The molecule has 3 aromatic heterocycles. The maximum atomic E-state index is 5.05. The van der Waals surface area contributed by atoms with E-state index in [1.807, 2.05) is 0 Å². The van der Waals surface area contributed by atoms with Crippen molar-refractivity contribution in [2.45, 2.75) is 53.4 Å². The van der Waals surface area contributed by atoms with Crippen LogP contribution in [0.25, 0.3) is 46.4 Å². The van der Waals surface area contributed by atoms with Crippen LogP contribution in [0.1, 0.15) is 72.7 Å². The van der Waals surface area contributed by atoms with Gasteiger partial charge in [-0.05, 0) is 79.8 Å². The van der Waals surface area contributed by atoms with Gasteiger partial charge in [0, 0.05) is 59.8 Å². The van der Waals surface area contributed by atoms with E-state index in [4.69, 9.17) is 9.97 Å². The van der Waals surface area contributed by atoms with Gasteiger partial charge < -0.3 is 9.97 Å². The Morgan fingerprint density at radius 2 is 0.788 bits per heavy atom. The molecule has 0 amide bonds. The van der Waals surface area contributed by atoms with Crippen LogP contribution in [0.4, 0.5) is 0 Å². The van der Waals surface area contributed by atoms with Crippen LogP contribution in [0.15, 0.2) is 24.3 Å². The minimum atomic E-state index is 0. The third kappa shape index (κ3) is 4.06. The van der Waals surface area contributed by atoms with E-state index < -0.39 is 0 Å². The number of hydrogen-bond acceptors (Lipinski definition) is 2. The van der Waals surface area contributed by atoms with E-state index in [0.717, 1.165) is 70.5 Å². The molecule has 0 radical (unpaired) electrons. The summed E-state index contributed by atoms with van der Waals surface area (Å²) in [7, 11) is 0. The number of rotatable bonds is 4. The minimum Gasteiger partial charge on any atom is -0.355 e. The topological polar surface area (TPSA) is 57.4 Å². The van der Waals surface area contributed by atoms with Crippen LogP contribution >= 0.6 is 0 Å². The van der Waals surface area contributed by atoms with Crippen molar-refractivity contribution in [3.05, 3.63) is 69.3 Å². The second-order valence-electron chi connectivity index (χ2n) is 8.33. The number of fused-ring (bicyclic) bond motifs is 8. The first kappa shape index (κ1) is 23.4. The number of nitrogens with zero attached hydrogens (tertiary/aromatic N) is 2. The SMILES string of the molecule is CCc1c2nc(c(CC)c3ccc([nH]3)c(CC)c3ccc([nH]3)c(CC)c3nc1C=C3)C=C2.[Pt]. The van der Waals surface area contributed by atoms with Gasteiger partial charge in [0.15, 0.2) is 0 Å². The molecule has 5 heterocycles. The summed E-state index contributed by atoms with van der Waals surface area (Å²) < 4.78 is 0. The molecule has 33 heavy (non-hydrogen) atoms. The third-order valence-electron chi connectivity index (χ3n) is 6.60. The number of aromatic nitrogens is 4. The van der Waals surface area contributed by atoms with E-state index in [-0.39, 0.29) is 21.1 Å². The largest absolute Gasteiger partial charge is 0.355 e. The average molecular weight is 618 g/mol. The van der Waals surface area contributed by atoms with E-state index in [9.17, 15) is 0 Å². The van der Waals surface area contributed by atoms with Crippen LogP contribution in [0, 0.1) is 0 Å². The maximum Gasteiger partial charge on any atom is 0.0691 e. The summed E-state index contributed by atoms with van der Waals surface area (Å²) >= 11 is 0. The predicted octanol–water partition coefficient (Wildman–Crippen LogP) is 6.90. The van der Waals surface area contributed by atoms with Gasteiger partial charge in [0.25, 0.3) is 0 Å². The molecule has 2 aliphatic rings. The molecular formula is C28H30N4Pt. The first-order valence-corrected chi connectivity index (χ1v) is 11.8. The standard InChI is InChI=1S/C28H30N4.Pt/c1-5-17-21-9-11-23(29-21)18(6-2)25-13-15-27(31-25)20(8-4)28-16-14-26(32-28)19(7-3)24-12-10-22(17)30-24;/h9-16,29-30H,5-8H2,1-4H3;. The van der Waals surface area contributed by atoms with Gasteiger partial charge in [0.1, 0.15) is 0 Å². The summed E-state index contributed by atoms with van der Waals surface area (Å²) in [6, 6.07) is 8.79. The van der Waals surface area contributed by atoms with Crippen LogP contribution in [0.5, 0.6) is 0 Å². The zero-order valence-corrected chi connectivity index (χ0v) is 21.9. The van der Waals surface area contributed by atoms with Gasteiger partial charge in [0.05, 0.1) is 22.8 Å². The van der Waals surface area contributed by atoms with Crippen molar-refractivity contribution in [3.8, 4) is 0 Å². The third-order valence-corrected chi connectivity index (χ3v) is 6.60. The first-order chi connectivity index (χ1) is 15.7. The van der Waals surface area contributed by atoms with Crippen LogP contribution in [0.3, 0.4) is 0 Å². The van der Waals surface area contributed by atoms with Gasteiger partial charge in [-0.2, -0.15) is 0 Å². The average Bonchev–Trinajstić information content (AvgIpc) is 3.59. The quantitative estimate of drug-likeness (QED) is 0.231. The normalized spacial score (nSPS) is 12.2. The molecule has 0 spiro atoms. The molecule has 0 fully saturated rings. The van der Waals surface area contributed by atoms with E-state index in [1.54, 1.807) is 0 Å². The minimum absolute atomic E-state index is 0. The predicted molar refractivity (Wildman–Crippen MR) is 136 cm³/mol. The van der Waals surface area contributed by atoms with E-state index in [2.05, 4.69) is 86.2 Å². The van der Waals surface area contributed by atoms with Crippen LogP contribution < -0.4 is 0 Å². The number of aromatic amines is 2. The van der Waals surface area contributed by atoms with Gasteiger partial charge in [-0.3, -0.25) is 0 Å². The zero-order valence-electron chi connectivity index (χ0n) is 19.7. The fourth-order valence-electron chi connectivity index (χ4n) is 4.93. The molecule has 5 rings (SSSR count). The van der Waals surface area contributed by atoms with Crippen molar-refractivity contribution in [2.24, 2.45) is 0 Å². The van der Waals surface area contributed by atoms with Gasteiger partial charge in [0.2, 0.25) is 0 Å². The summed E-state index contributed by atoms with van der Waals surface area (Å²) in [4.78, 5) is 17.5. The van der Waals surface area contributed by atoms with Crippen molar-refractivity contribution in [3.63, 3.8) is 0 Å². The molecular weight excluding hydrogens is 587 g/mol. The molecule has 0 atom stereocenters. The monoisotopic (exact) mass is 617 g/mol. The van der Waals surface area contributed by atoms with Gasteiger partial charge in [-0.25, -0.2) is 9.97 Å². The van der Waals surface area contributed by atoms with Crippen molar-refractivity contribution >= 4 is 46.4 Å². The van der Waals surface area contributed by atoms with Crippen molar-refractivity contribution < 1.29 is 21.1 Å². The molecule has 0 saturated carbocycles. The fraction of sp³-hybridized carbons (Fsp3) is 0.286. The fourth-order valence-corrected chi connectivity index (χ4v) is 4.93. The maximum absolute atomic E-state index is 5.05. The van der Waals surface area contributed by atoms with Gasteiger partial charge >= 0.3 is 0 Å². The van der Waals surface area contributed by atoms with Gasteiger partial charge in [-0.15, -0.1) is 0 Å². The number of H-pyrrole nitrogens is 2. The molecule has 8 bridgehead atoms. The van der Waals surface area contributed by atoms with Crippen molar-refractivity contribution in [1.29, 1.82) is 0 Å². The Kier molecular flexibility index (Phi) is 6.85. The molecule has 3 aromatic rings. The number of hydrogen-bond donors (Lipinski definition) is 2. The Balaban J connectivity index is 0.00000259. The Hall–Kier alpha value is -2.71. The zero-order chi connectivity index (χ0) is 22.2. The van der Waals surface area contributed by atoms with Crippen LogP contribution in [-0.2, 0) is 46.7 Å². The molecule has 2 N–H and O–H groups in total. The number of aryl methyl sites for hydroxylation is 3. The van der Waals surface area contributed by atoms with Gasteiger partial charge in [-0.1, -0.05) is 27.7 Å². The molecule has 2 aliphatic heterocycles. The summed E-state index contributed by atoms with van der Waals surface area (Å²) in [5.74, 6) is 0. The summed E-state index contributed by atoms with van der Waals surface area (Å²) in [6.07, 6.45) is 12.3. The molecule has 4 nitrogen and oxygen atoms in total. The number of nitrogens with one attached hydrogen (secondary N) is 2. The van der Waals surface area contributed by atoms with Crippen molar-refractivity contribution in [2.75, 3.05) is 0 Å². The van der Waals surface area contributed by atoms with E-state index >= 15 is 0 Å². The molecule has 0 aromatic carbocycles. The summed E-state index contributed by atoms with van der Waals surface area (Å²) in [6.45, 7) is 8.78. The second kappa shape index (κ2) is 9.65. The first-order valence-electron chi connectivity index (χ1n) is 11.8. The Morgan fingerprint density at radius 3 is 1.12 bits per heavy atom. The Labute approximate surface area is 209 Å².